The van der Waals surface area contributed by atoms with E-state index in [0.717, 1.165) is 6.42 Å². The zero-order chi connectivity index (χ0) is 11.4. The monoisotopic (exact) mass is 216 g/mol. The number of carbonyl (C=O) groups is 1. The second-order valence-electron chi connectivity index (χ2n) is 4.09. The number of nitrogens with two attached hydrogens (primary N) is 1. The molecule has 0 fully saturated rings. The minimum atomic E-state index is -0.337. The molecule has 0 radical (unpaired) electrons. The predicted molar refractivity (Wildman–Crippen MR) is 63.1 cm³/mol. The SMILES string of the molecule is CCC(C(=O)NC(C)(C)CC)C(N)=S. The van der Waals surface area contributed by atoms with Gasteiger partial charge < -0.3 is 11.1 Å². The highest BCUT2D eigenvalue weighted by Crippen LogP contribution is 2.10. The summed E-state index contributed by atoms with van der Waals surface area (Å²) in [6.07, 6.45) is 1.54. The molecule has 0 aromatic rings. The van der Waals surface area contributed by atoms with Crippen LogP contribution in [0.4, 0.5) is 0 Å². The van der Waals surface area contributed by atoms with Crippen LogP contribution in [0.2, 0.25) is 0 Å². The molecule has 0 spiro atoms. The number of amides is 1. The van der Waals surface area contributed by atoms with Crippen molar-refractivity contribution in [3.63, 3.8) is 0 Å². The molecular formula is C10H20N2OS. The van der Waals surface area contributed by atoms with Crippen molar-refractivity contribution in [1.82, 2.24) is 5.32 Å². The van der Waals surface area contributed by atoms with Crippen molar-refractivity contribution >= 4 is 23.1 Å². The number of rotatable bonds is 5. The molecule has 0 saturated heterocycles. The number of nitrogens with one attached hydrogen (secondary N) is 1. The van der Waals surface area contributed by atoms with Gasteiger partial charge in [0.05, 0.1) is 10.9 Å². The first-order chi connectivity index (χ1) is 6.34. The van der Waals surface area contributed by atoms with Crippen molar-refractivity contribution in [2.75, 3.05) is 0 Å². The Hall–Kier alpha value is -0.640. The van der Waals surface area contributed by atoms with Gasteiger partial charge in [-0.1, -0.05) is 26.1 Å². The minimum absolute atomic E-state index is 0.0631. The van der Waals surface area contributed by atoms with E-state index in [9.17, 15) is 4.79 Å². The van der Waals surface area contributed by atoms with Gasteiger partial charge in [0.1, 0.15) is 0 Å². The summed E-state index contributed by atoms with van der Waals surface area (Å²) in [4.78, 5) is 12.0. The molecule has 0 aromatic heterocycles. The summed E-state index contributed by atoms with van der Waals surface area (Å²) in [5, 5.41) is 2.93. The van der Waals surface area contributed by atoms with Crippen molar-refractivity contribution in [2.24, 2.45) is 11.7 Å². The molecule has 3 N–H and O–H groups in total. The lowest BCUT2D eigenvalue weighted by molar-refractivity contribution is -0.124. The number of hydrogen-bond donors (Lipinski definition) is 2. The summed E-state index contributed by atoms with van der Waals surface area (Å²) < 4.78 is 0. The average molecular weight is 216 g/mol. The second-order valence-corrected chi connectivity index (χ2v) is 4.56. The largest absolute Gasteiger partial charge is 0.393 e. The third-order valence-electron chi connectivity index (χ3n) is 2.41. The topological polar surface area (TPSA) is 55.1 Å². The first-order valence-electron chi connectivity index (χ1n) is 4.95. The van der Waals surface area contributed by atoms with Crippen molar-refractivity contribution in [3.8, 4) is 0 Å². The fraction of sp³-hybridized carbons (Fsp3) is 0.800. The summed E-state index contributed by atoms with van der Waals surface area (Å²) in [5.74, 6) is -0.400. The van der Waals surface area contributed by atoms with E-state index in [-0.39, 0.29) is 22.4 Å². The van der Waals surface area contributed by atoms with E-state index in [1.807, 2.05) is 27.7 Å². The Kier molecular flexibility index (Phi) is 5.05. The van der Waals surface area contributed by atoms with Crippen LogP contribution in [-0.2, 0) is 4.79 Å². The lowest BCUT2D eigenvalue weighted by atomic mass is 9.99. The highest BCUT2D eigenvalue weighted by molar-refractivity contribution is 7.80. The zero-order valence-electron chi connectivity index (χ0n) is 9.39. The molecule has 0 aliphatic carbocycles. The summed E-state index contributed by atoms with van der Waals surface area (Å²) in [6, 6.07) is 0. The highest BCUT2D eigenvalue weighted by atomic mass is 32.1. The van der Waals surface area contributed by atoms with Crippen LogP contribution in [0.1, 0.15) is 40.5 Å². The summed E-state index contributed by atoms with van der Waals surface area (Å²) in [5.41, 5.74) is 5.29. The lowest BCUT2D eigenvalue weighted by Gasteiger charge is -2.26. The summed E-state index contributed by atoms with van der Waals surface area (Å²) in [6.45, 7) is 7.90. The van der Waals surface area contributed by atoms with Gasteiger partial charge in [0.25, 0.3) is 0 Å². The molecule has 3 nitrogen and oxygen atoms in total. The van der Waals surface area contributed by atoms with Crippen LogP contribution in [0, 0.1) is 5.92 Å². The smallest absolute Gasteiger partial charge is 0.230 e. The van der Waals surface area contributed by atoms with Gasteiger partial charge in [-0.25, -0.2) is 0 Å². The van der Waals surface area contributed by atoms with Gasteiger partial charge in [-0.2, -0.15) is 0 Å². The van der Waals surface area contributed by atoms with Gasteiger partial charge in [-0.3, -0.25) is 4.79 Å². The predicted octanol–water partition coefficient (Wildman–Crippen LogP) is 1.60. The quantitative estimate of drug-likeness (QED) is 0.686. The van der Waals surface area contributed by atoms with Crippen molar-refractivity contribution < 1.29 is 4.79 Å². The maximum absolute atomic E-state index is 11.7. The molecule has 0 aliphatic heterocycles. The van der Waals surface area contributed by atoms with Crippen LogP contribution in [0.3, 0.4) is 0 Å². The van der Waals surface area contributed by atoms with Crippen LogP contribution < -0.4 is 11.1 Å². The van der Waals surface area contributed by atoms with Gasteiger partial charge in [0.2, 0.25) is 5.91 Å². The van der Waals surface area contributed by atoms with E-state index in [0.29, 0.717) is 6.42 Å². The van der Waals surface area contributed by atoms with Crippen LogP contribution in [0.15, 0.2) is 0 Å². The minimum Gasteiger partial charge on any atom is -0.393 e. The fourth-order valence-electron chi connectivity index (χ4n) is 1.02. The van der Waals surface area contributed by atoms with Crippen LogP contribution in [0.5, 0.6) is 0 Å². The number of hydrogen-bond acceptors (Lipinski definition) is 2. The van der Waals surface area contributed by atoms with Gasteiger partial charge >= 0.3 is 0 Å². The van der Waals surface area contributed by atoms with Crippen LogP contribution >= 0.6 is 12.2 Å². The normalized spacial score (nSPS) is 13.4. The molecule has 0 heterocycles. The molecule has 1 amide bonds. The molecule has 4 heteroatoms. The van der Waals surface area contributed by atoms with Crippen molar-refractivity contribution in [1.29, 1.82) is 0 Å². The van der Waals surface area contributed by atoms with E-state index in [4.69, 9.17) is 18.0 Å². The fourth-order valence-corrected chi connectivity index (χ4v) is 1.30. The Morgan fingerprint density at radius 2 is 2.00 bits per heavy atom. The molecule has 1 unspecified atom stereocenters. The lowest BCUT2D eigenvalue weighted by Crippen LogP contribution is -2.48. The van der Waals surface area contributed by atoms with E-state index in [1.165, 1.54) is 0 Å². The highest BCUT2D eigenvalue weighted by Gasteiger charge is 2.24. The Balaban J connectivity index is 4.39. The molecule has 82 valence electrons. The molecule has 0 bridgehead atoms. The molecule has 0 saturated carbocycles. The standard InChI is InChI=1S/C10H20N2OS/c1-5-7(8(11)14)9(13)12-10(3,4)6-2/h7H,5-6H2,1-4H3,(H2,11,14)(H,12,13). The molecule has 0 aliphatic rings. The number of carbonyl (C=O) groups excluding carboxylic acids is 1. The van der Waals surface area contributed by atoms with Crippen molar-refractivity contribution in [3.05, 3.63) is 0 Å². The van der Waals surface area contributed by atoms with Crippen molar-refractivity contribution in [2.45, 2.75) is 46.1 Å². The Morgan fingerprint density at radius 1 is 1.50 bits per heavy atom. The average Bonchev–Trinajstić information content (AvgIpc) is 2.03. The van der Waals surface area contributed by atoms with Gasteiger partial charge in [-0.15, -0.1) is 0 Å². The Morgan fingerprint density at radius 3 is 2.29 bits per heavy atom. The van der Waals surface area contributed by atoms with Crippen LogP contribution in [0.25, 0.3) is 0 Å². The molecule has 14 heavy (non-hydrogen) atoms. The molecular weight excluding hydrogens is 196 g/mol. The Bertz CT molecular complexity index is 226. The van der Waals surface area contributed by atoms with Gasteiger partial charge in [0.15, 0.2) is 0 Å². The van der Waals surface area contributed by atoms with E-state index in [2.05, 4.69) is 5.32 Å². The maximum atomic E-state index is 11.7. The van der Waals surface area contributed by atoms with Crippen LogP contribution in [-0.4, -0.2) is 16.4 Å². The van der Waals surface area contributed by atoms with E-state index in [1.54, 1.807) is 0 Å². The third-order valence-corrected chi connectivity index (χ3v) is 2.70. The van der Waals surface area contributed by atoms with Gasteiger partial charge in [-0.05, 0) is 26.7 Å². The molecule has 0 aromatic carbocycles. The summed E-state index contributed by atoms with van der Waals surface area (Å²) >= 11 is 4.83. The first kappa shape index (κ1) is 13.4. The third kappa shape index (κ3) is 4.05. The maximum Gasteiger partial charge on any atom is 0.230 e. The Labute approximate surface area is 91.4 Å². The number of thiocarbonyl (C=S) groups is 1. The van der Waals surface area contributed by atoms with Gasteiger partial charge in [0, 0.05) is 5.54 Å². The van der Waals surface area contributed by atoms with E-state index >= 15 is 0 Å². The molecule has 1 atom stereocenters. The van der Waals surface area contributed by atoms with E-state index < -0.39 is 0 Å². The second kappa shape index (κ2) is 5.29. The zero-order valence-corrected chi connectivity index (χ0v) is 10.2. The molecule has 0 rings (SSSR count). The first-order valence-corrected chi connectivity index (χ1v) is 5.36. The summed E-state index contributed by atoms with van der Waals surface area (Å²) in [7, 11) is 0.